The number of aromatic nitrogens is 4. The minimum atomic E-state index is -1.01. The summed E-state index contributed by atoms with van der Waals surface area (Å²) in [5.41, 5.74) is -0.744. The van der Waals surface area contributed by atoms with Gasteiger partial charge in [0.2, 0.25) is 5.95 Å². The lowest BCUT2D eigenvalue weighted by molar-refractivity contribution is -0.000470. The van der Waals surface area contributed by atoms with E-state index in [1.54, 1.807) is 37.6 Å². The van der Waals surface area contributed by atoms with Crippen LogP contribution in [-0.4, -0.2) is 68.4 Å². The van der Waals surface area contributed by atoms with E-state index in [0.717, 1.165) is 13.0 Å². The summed E-state index contributed by atoms with van der Waals surface area (Å²) in [4.78, 5) is 24.3. The second-order valence-corrected chi connectivity index (χ2v) is 6.07. The Morgan fingerprint density at radius 1 is 1.33 bits per heavy atom. The van der Waals surface area contributed by atoms with Crippen molar-refractivity contribution in [2.75, 3.05) is 31.6 Å². The van der Waals surface area contributed by atoms with Gasteiger partial charge in [0.1, 0.15) is 0 Å². The summed E-state index contributed by atoms with van der Waals surface area (Å²) < 4.78 is 0. The average molecular weight is 328 g/mol. The number of hydrogen-bond donors (Lipinski definition) is 1. The fourth-order valence-corrected chi connectivity index (χ4v) is 2.99. The maximum absolute atomic E-state index is 12.4. The molecular weight excluding hydrogens is 308 g/mol. The Morgan fingerprint density at radius 2 is 2.12 bits per heavy atom. The molecule has 0 saturated carbocycles. The summed E-state index contributed by atoms with van der Waals surface area (Å²) in [6.45, 7) is 1.38. The Bertz CT molecular complexity index is 683. The summed E-state index contributed by atoms with van der Waals surface area (Å²) in [5, 5.41) is 18.5. The first-order valence-corrected chi connectivity index (χ1v) is 7.85. The second kappa shape index (κ2) is 6.88. The highest BCUT2D eigenvalue weighted by molar-refractivity contribution is 5.91. The first-order valence-electron chi connectivity index (χ1n) is 7.85. The van der Waals surface area contributed by atoms with E-state index in [2.05, 4.69) is 20.2 Å². The van der Waals surface area contributed by atoms with Gasteiger partial charge in [0.25, 0.3) is 5.91 Å². The number of aliphatic hydroxyl groups is 1. The number of β-amino-alcohol motifs (C(OH)–C–C–N with tert-alkyl or cyclic N) is 1. The Balaban J connectivity index is 1.68. The molecule has 0 bridgehead atoms. The zero-order valence-corrected chi connectivity index (χ0v) is 13.5. The van der Waals surface area contributed by atoms with Gasteiger partial charge < -0.3 is 14.9 Å². The molecule has 2 aromatic heterocycles. The Kier molecular flexibility index (Phi) is 4.66. The number of piperidine rings is 1. The van der Waals surface area contributed by atoms with Crippen molar-refractivity contribution in [3.05, 3.63) is 42.5 Å². The largest absolute Gasteiger partial charge is 0.386 e. The van der Waals surface area contributed by atoms with Gasteiger partial charge in [-0.25, -0.2) is 9.97 Å². The van der Waals surface area contributed by atoms with Gasteiger partial charge in [-0.2, -0.15) is 5.10 Å². The van der Waals surface area contributed by atoms with Crippen molar-refractivity contribution in [3.8, 4) is 0 Å². The molecule has 1 unspecified atom stereocenters. The Labute approximate surface area is 140 Å². The first-order chi connectivity index (χ1) is 11.6. The third kappa shape index (κ3) is 3.65. The average Bonchev–Trinajstić information content (AvgIpc) is 2.62. The van der Waals surface area contributed by atoms with Crippen LogP contribution in [0.5, 0.6) is 0 Å². The van der Waals surface area contributed by atoms with Crippen LogP contribution in [0.1, 0.15) is 23.3 Å². The summed E-state index contributed by atoms with van der Waals surface area (Å²) in [7, 11) is 1.66. The predicted octanol–water partition coefficient (Wildman–Crippen LogP) is 0.370. The second-order valence-electron chi connectivity index (χ2n) is 6.07. The molecule has 2 aromatic rings. The number of rotatable bonds is 4. The normalized spacial score (nSPS) is 20.7. The monoisotopic (exact) mass is 328 g/mol. The Morgan fingerprint density at radius 3 is 2.83 bits per heavy atom. The van der Waals surface area contributed by atoms with Crippen LogP contribution in [0.15, 0.2) is 36.8 Å². The predicted molar refractivity (Wildman–Crippen MR) is 87.4 cm³/mol. The van der Waals surface area contributed by atoms with Crippen LogP contribution in [-0.2, 0) is 0 Å². The molecule has 1 aliphatic heterocycles. The van der Waals surface area contributed by atoms with Crippen molar-refractivity contribution in [2.24, 2.45) is 0 Å². The van der Waals surface area contributed by atoms with Crippen LogP contribution in [0.2, 0.25) is 0 Å². The zero-order valence-electron chi connectivity index (χ0n) is 13.5. The van der Waals surface area contributed by atoms with Gasteiger partial charge in [-0.3, -0.25) is 4.79 Å². The zero-order chi connectivity index (χ0) is 17.0. The van der Waals surface area contributed by atoms with E-state index in [4.69, 9.17) is 0 Å². The quantitative estimate of drug-likeness (QED) is 0.866. The molecule has 0 aliphatic carbocycles. The van der Waals surface area contributed by atoms with Crippen molar-refractivity contribution in [3.63, 3.8) is 0 Å². The molecular formula is C16H20N6O2. The van der Waals surface area contributed by atoms with Gasteiger partial charge in [0.05, 0.1) is 18.7 Å². The molecule has 1 saturated heterocycles. The van der Waals surface area contributed by atoms with Crippen LogP contribution in [0.4, 0.5) is 5.95 Å². The lowest BCUT2D eigenvalue weighted by atomic mass is 9.92. The lowest BCUT2D eigenvalue weighted by Gasteiger charge is -2.41. The maximum Gasteiger partial charge on any atom is 0.274 e. The Hall–Kier alpha value is -2.61. The first kappa shape index (κ1) is 16.3. The molecule has 3 heterocycles. The van der Waals surface area contributed by atoms with Gasteiger partial charge in [-0.1, -0.05) is 0 Å². The molecule has 1 N–H and O–H groups in total. The van der Waals surface area contributed by atoms with E-state index in [9.17, 15) is 9.90 Å². The number of hydrogen-bond acceptors (Lipinski definition) is 7. The fourth-order valence-electron chi connectivity index (χ4n) is 2.99. The molecule has 24 heavy (non-hydrogen) atoms. The number of amides is 1. The summed E-state index contributed by atoms with van der Waals surface area (Å²) in [6, 6.07) is 5.03. The van der Waals surface area contributed by atoms with Crippen LogP contribution < -0.4 is 4.90 Å². The molecule has 3 rings (SSSR count). The SMILES string of the molecule is CN(CC1(O)CCCN(c2ncccn2)C1)C(=O)c1cccnn1. The van der Waals surface area contributed by atoms with Gasteiger partial charge in [0.15, 0.2) is 5.69 Å². The molecule has 8 heteroatoms. The molecule has 126 valence electrons. The lowest BCUT2D eigenvalue weighted by Crippen LogP contribution is -2.55. The highest BCUT2D eigenvalue weighted by Crippen LogP contribution is 2.24. The van der Waals surface area contributed by atoms with E-state index in [-0.39, 0.29) is 18.1 Å². The van der Waals surface area contributed by atoms with Crippen molar-refractivity contribution >= 4 is 11.9 Å². The van der Waals surface area contributed by atoms with E-state index in [1.807, 2.05) is 4.90 Å². The molecule has 1 aliphatic rings. The molecule has 8 nitrogen and oxygen atoms in total. The molecule has 1 amide bonds. The van der Waals surface area contributed by atoms with Crippen molar-refractivity contribution in [1.82, 2.24) is 25.1 Å². The van der Waals surface area contributed by atoms with Crippen molar-refractivity contribution in [1.29, 1.82) is 0 Å². The van der Waals surface area contributed by atoms with E-state index >= 15 is 0 Å². The summed E-state index contributed by atoms with van der Waals surface area (Å²) in [5.74, 6) is 0.336. The molecule has 0 aromatic carbocycles. The molecule has 0 spiro atoms. The molecule has 1 atom stereocenters. The van der Waals surface area contributed by atoms with Crippen LogP contribution in [0.25, 0.3) is 0 Å². The van der Waals surface area contributed by atoms with Gasteiger partial charge in [-0.15, -0.1) is 5.10 Å². The van der Waals surface area contributed by atoms with E-state index in [1.165, 1.54) is 11.1 Å². The van der Waals surface area contributed by atoms with Gasteiger partial charge in [-0.05, 0) is 31.0 Å². The molecule has 1 fully saturated rings. The van der Waals surface area contributed by atoms with Crippen molar-refractivity contribution in [2.45, 2.75) is 18.4 Å². The van der Waals surface area contributed by atoms with Gasteiger partial charge in [0, 0.05) is 32.2 Å². The third-order valence-electron chi connectivity index (χ3n) is 4.06. The van der Waals surface area contributed by atoms with Gasteiger partial charge >= 0.3 is 0 Å². The standard InChI is InChI=1S/C16H20N6O2/c1-21(14(23)13-5-2-9-19-20-13)11-16(24)6-3-10-22(12-16)15-17-7-4-8-18-15/h2,4-5,7-9,24H,3,6,10-12H2,1H3. The van der Waals surface area contributed by atoms with E-state index in [0.29, 0.717) is 18.9 Å². The summed E-state index contributed by atoms with van der Waals surface area (Å²) in [6.07, 6.45) is 6.30. The number of nitrogens with zero attached hydrogens (tertiary/aromatic N) is 6. The molecule has 0 radical (unpaired) electrons. The van der Waals surface area contributed by atoms with Crippen molar-refractivity contribution < 1.29 is 9.90 Å². The number of carbonyl (C=O) groups excluding carboxylic acids is 1. The fraction of sp³-hybridized carbons (Fsp3) is 0.438. The summed E-state index contributed by atoms with van der Waals surface area (Å²) >= 11 is 0. The van der Waals surface area contributed by atoms with E-state index < -0.39 is 5.60 Å². The highest BCUT2D eigenvalue weighted by Gasteiger charge is 2.36. The maximum atomic E-state index is 12.4. The number of anilines is 1. The van der Waals surface area contributed by atoms with Crippen LogP contribution >= 0.6 is 0 Å². The highest BCUT2D eigenvalue weighted by atomic mass is 16.3. The minimum Gasteiger partial charge on any atom is -0.386 e. The van der Waals surface area contributed by atoms with Crippen LogP contribution in [0, 0.1) is 0 Å². The number of likely N-dealkylation sites (N-methyl/N-ethyl adjacent to an activating group) is 1. The third-order valence-corrected chi connectivity index (χ3v) is 4.06. The number of carbonyl (C=O) groups is 1. The smallest absolute Gasteiger partial charge is 0.274 e. The minimum absolute atomic E-state index is 0.214. The topological polar surface area (TPSA) is 95.3 Å². The van der Waals surface area contributed by atoms with Crippen LogP contribution in [0.3, 0.4) is 0 Å².